The summed E-state index contributed by atoms with van der Waals surface area (Å²) in [7, 11) is 1.51. The van der Waals surface area contributed by atoms with E-state index in [4.69, 9.17) is 30.0 Å². The zero-order valence-electron chi connectivity index (χ0n) is 30.7. The number of ether oxygens (including phenoxy) is 4. The average molecular weight is 750 g/mol. The first-order valence-corrected chi connectivity index (χ1v) is 17.7. The van der Waals surface area contributed by atoms with Gasteiger partial charge in [0, 0.05) is 99.6 Å². The molecule has 0 unspecified atom stereocenters. The fourth-order valence-electron chi connectivity index (χ4n) is 5.75. The standard InChI is InChI=1S/C36H47N9O9/c1-25(46)53-20-15-45(23-35(49)39-2)14-11-40-36(50)54-24-32-30-21-26(33(47)5-3-16-51-18-12-41-43-37)7-9-28(30)29-10-8-27(22-31(29)32)34(48)6-4-17-52-19-13-42-44-38/h7-10,21-22,32H,3-6,11-20,23-24H2,1-2H3,(H,39,49)(H,40,50). The van der Waals surface area contributed by atoms with Crippen molar-refractivity contribution in [1.82, 2.24) is 15.5 Å². The first kappa shape index (κ1) is 42.9. The second-order valence-corrected chi connectivity index (χ2v) is 12.2. The maximum atomic E-state index is 13.2. The maximum Gasteiger partial charge on any atom is 0.407 e. The van der Waals surface area contributed by atoms with E-state index in [1.807, 2.05) is 12.1 Å². The van der Waals surface area contributed by atoms with E-state index < -0.39 is 18.0 Å². The lowest BCUT2D eigenvalue weighted by Crippen LogP contribution is -2.42. The number of fused-ring (bicyclic) bond motifs is 3. The van der Waals surface area contributed by atoms with Crippen LogP contribution in [0.5, 0.6) is 0 Å². The second-order valence-electron chi connectivity index (χ2n) is 12.2. The molecule has 0 saturated carbocycles. The van der Waals surface area contributed by atoms with Crippen molar-refractivity contribution in [2.24, 2.45) is 10.2 Å². The molecular formula is C36H47N9O9. The van der Waals surface area contributed by atoms with Crippen LogP contribution >= 0.6 is 0 Å². The summed E-state index contributed by atoms with van der Waals surface area (Å²) < 4.78 is 21.5. The van der Waals surface area contributed by atoms with E-state index in [1.165, 1.54) is 14.0 Å². The third kappa shape index (κ3) is 14.5. The molecule has 0 aliphatic heterocycles. The Balaban J connectivity index is 1.71. The van der Waals surface area contributed by atoms with E-state index >= 15 is 0 Å². The smallest absolute Gasteiger partial charge is 0.407 e. The molecule has 1 aliphatic carbocycles. The molecule has 2 amide bonds. The van der Waals surface area contributed by atoms with Gasteiger partial charge in [0.1, 0.15) is 13.2 Å². The number of nitrogens with one attached hydrogen (secondary N) is 2. The van der Waals surface area contributed by atoms with Crippen molar-refractivity contribution in [3.63, 3.8) is 0 Å². The summed E-state index contributed by atoms with van der Waals surface area (Å²) in [6.07, 6.45) is 0.747. The number of esters is 1. The van der Waals surface area contributed by atoms with Crippen molar-refractivity contribution in [2.45, 2.75) is 38.5 Å². The normalized spacial score (nSPS) is 12.5. The van der Waals surface area contributed by atoms with Crippen molar-refractivity contribution in [1.29, 1.82) is 0 Å². The highest BCUT2D eigenvalue weighted by Crippen LogP contribution is 2.46. The molecule has 0 saturated heterocycles. The molecule has 18 nitrogen and oxygen atoms in total. The van der Waals surface area contributed by atoms with Gasteiger partial charge < -0.3 is 29.6 Å². The Morgan fingerprint density at radius 1 is 0.778 bits per heavy atom. The minimum Gasteiger partial charge on any atom is -0.465 e. The number of alkyl carbamates (subject to hydrolysis) is 1. The minimum atomic E-state index is -0.690. The van der Waals surface area contributed by atoms with Crippen molar-refractivity contribution in [2.75, 3.05) is 86.0 Å². The fraction of sp³-hybridized carbons (Fsp3) is 0.528. The van der Waals surface area contributed by atoms with Crippen LogP contribution in [0.1, 0.15) is 70.4 Å². The van der Waals surface area contributed by atoms with Crippen LogP contribution in [0.25, 0.3) is 32.0 Å². The summed E-state index contributed by atoms with van der Waals surface area (Å²) in [5, 5.41) is 12.1. The number of amides is 2. The molecule has 2 aromatic rings. The van der Waals surface area contributed by atoms with Crippen LogP contribution in [0, 0.1) is 0 Å². The third-order valence-corrected chi connectivity index (χ3v) is 8.41. The first-order chi connectivity index (χ1) is 26.2. The van der Waals surface area contributed by atoms with E-state index in [0.29, 0.717) is 37.2 Å². The quantitative estimate of drug-likeness (QED) is 0.0335. The number of carbonyl (C=O) groups excluding carboxylic acids is 5. The number of ketones is 2. The molecule has 54 heavy (non-hydrogen) atoms. The summed E-state index contributed by atoms with van der Waals surface area (Å²) in [5.74, 6) is -1.31. The van der Waals surface area contributed by atoms with E-state index in [2.05, 4.69) is 30.7 Å². The Morgan fingerprint density at radius 3 is 1.83 bits per heavy atom. The van der Waals surface area contributed by atoms with Gasteiger partial charge >= 0.3 is 12.1 Å². The molecule has 0 atom stereocenters. The zero-order chi connectivity index (χ0) is 39.1. The molecule has 18 heteroatoms. The number of hydrogen-bond acceptors (Lipinski definition) is 12. The van der Waals surface area contributed by atoms with Crippen LogP contribution in [0.15, 0.2) is 46.6 Å². The second kappa shape index (κ2) is 23.9. The summed E-state index contributed by atoms with van der Waals surface area (Å²) in [6, 6.07) is 10.9. The highest BCUT2D eigenvalue weighted by molar-refractivity contribution is 5.99. The third-order valence-electron chi connectivity index (χ3n) is 8.41. The molecule has 0 bridgehead atoms. The maximum absolute atomic E-state index is 13.2. The number of Topliss-reactive ketones (excluding diaryl/α,β-unsaturated/α-hetero) is 2. The van der Waals surface area contributed by atoms with Crippen LogP contribution < -0.4 is 10.6 Å². The van der Waals surface area contributed by atoms with Crippen molar-refractivity contribution >= 4 is 29.5 Å². The molecule has 0 spiro atoms. The molecular weight excluding hydrogens is 702 g/mol. The lowest BCUT2D eigenvalue weighted by molar-refractivity contribution is -0.141. The molecule has 3 rings (SSSR count). The number of carbonyl (C=O) groups is 5. The van der Waals surface area contributed by atoms with Crippen LogP contribution in [0.2, 0.25) is 0 Å². The molecule has 2 N–H and O–H groups in total. The van der Waals surface area contributed by atoms with Gasteiger partial charge in [-0.1, -0.05) is 34.5 Å². The lowest BCUT2D eigenvalue weighted by atomic mass is 9.93. The number of rotatable bonds is 26. The van der Waals surface area contributed by atoms with Crippen LogP contribution in [-0.2, 0) is 28.5 Å². The largest absolute Gasteiger partial charge is 0.465 e. The summed E-state index contributed by atoms with van der Waals surface area (Å²) >= 11 is 0. The van der Waals surface area contributed by atoms with Gasteiger partial charge in [0.25, 0.3) is 0 Å². The van der Waals surface area contributed by atoms with Crippen LogP contribution in [0.4, 0.5) is 4.79 Å². The predicted octanol–water partition coefficient (Wildman–Crippen LogP) is 4.72. The van der Waals surface area contributed by atoms with Gasteiger partial charge in [0.05, 0.1) is 19.8 Å². The number of nitrogens with zero attached hydrogens (tertiary/aromatic N) is 7. The van der Waals surface area contributed by atoms with Gasteiger partial charge in [-0.2, -0.15) is 0 Å². The van der Waals surface area contributed by atoms with E-state index in [-0.39, 0.29) is 96.0 Å². The number of hydrogen-bond donors (Lipinski definition) is 2. The van der Waals surface area contributed by atoms with E-state index in [0.717, 1.165) is 22.3 Å². The number of likely N-dealkylation sites (N-methyl/N-ethyl adjacent to an activating group) is 1. The SMILES string of the molecule is CNC(=O)CN(CCNC(=O)OCC1c2cc(C(=O)CCCOCCN=[N+]=[N-])ccc2-c2ccc(C(=O)CCCOCCN=[N+]=[N-])cc21)CCOC(C)=O. The Kier molecular flexibility index (Phi) is 19.0. The molecule has 2 aromatic carbocycles. The molecule has 0 heterocycles. The predicted molar refractivity (Wildman–Crippen MR) is 197 cm³/mol. The summed E-state index contributed by atoms with van der Waals surface area (Å²) in [4.78, 5) is 69.5. The Bertz CT molecular complexity index is 1620. The fourth-order valence-corrected chi connectivity index (χ4v) is 5.75. The molecule has 290 valence electrons. The first-order valence-electron chi connectivity index (χ1n) is 17.7. The Morgan fingerprint density at radius 2 is 1.33 bits per heavy atom. The van der Waals surface area contributed by atoms with E-state index in [1.54, 1.807) is 29.2 Å². The van der Waals surface area contributed by atoms with Crippen molar-refractivity contribution < 1.29 is 42.9 Å². The lowest BCUT2D eigenvalue weighted by Gasteiger charge is -2.21. The van der Waals surface area contributed by atoms with Gasteiger partial charge in [-0.05, 0) is 58.3 Å². The van der Waals surface area contributed by atoms with Crippen LogP contribution in [-0.4, -0.2) is 120 Å². The van der Waals surface area contributed by atoms with Crippen LogP contribution in [0.3, 0.4) is 0 Å². The van der Waals surface area contributed by atoms with Crippen molar-refractivity contribution in [3.05, 3.63) is 79.5 Å². The molecule has 0 radical (unpaired) electrons. The number of azide groups is 2. The van der Waals surface area contributed by atoms with Crippen molar-refractivity contribution in [3.8, 4) is 11.1 Å². The zero-order valence-corrected chi connectivity index (χ0v) is 30.7. The molecule has 0 fully saturated rings. The molecule has 1 aliphatic rings. The van der Waals surface area contributed by atoms with Gasteiger partial charge in [-0.15, -0.1) is 0 Å². The Labute approximate surface area is 313 Å². The summed E-state index contributed by atoms with van der Waals surface area (Å²) in [6.45, 7) is 3.72. The average Bonchev–Trinajstić information content (AvgIpc) is 3.47. The van der Waals surface area contributed by atoms with E-state index in [9.17, 15) is 24.0 Å². The number of benzene rings is 2. The monoisotopic (exact) mass is 749 g/mol. The topological polar surface area (TPSA) is 247 Å². The summed E-state index contributed by atoms with van der Waals surface area (Å²) in [5.41, 5.74) is 21.0. The Hall–Kier alpha value is -5.51. The van der Waals surface area contributed by atoms with Gasteiger partial charge in [-0.25, -0.2) is 4.79 Å². The highest BCUT2D eigenvalue weighted by atomic mass is 16.5. The highest BCUT2D eigenvalue weighted by Gasteiger charge is 2.31. The van der Waals surface area contributed by atoms with Gasteiger partial charge in [0.15, 0.2) is 11.6 Å². The van der Waals surface area contributed by atoms with Gasteiger partial charge in [-0.3, -0.25) is 24.1 Å². The van der Waals surface area contributed by atoms with Gasteiger partial charge in [0.2, 0.25) is 5.91 Å². The minimum absolute atomic E-state index is 0.0428. The molecule has 0 aromatic heterocycles.